The van der Waals surface area contributed by atoms with Crippen molar-refractivity contribution in [3.63, 3.8) is 0 Å². The molecule has 3 aliphatic heterocycles. The minimum Gasteiger partial charge on any atom is -0.399 e. The molecule has 146 valence electrons. The summed E-state index contributed by atoms with van der Waals surface area (Å²) in [5, 5.41) is 0. The molecule has 0 aliphatic carbocycles. The number of carbonyl (C=O) groups is 1. The number of hydrogen-bond donors (Lipinski definition) is 0. The number of carbonyl (C=O) groups excluding carboxylic acids is 1. The summed E-state index contributed by atoms with van der Waals surface area (Å²) in [7, 11) is 1.88. The highest BCUT2D eigenvalue weighted by Gasteiger charge is 2.51. The van der Waals surface area contributed by atoms with Gasteiger partial charge in [0, 0.05) is 24.4 Å². The van der Waals surface area contributed by atoms with Crippen LogP contribution in [0.1, 0.15) is 58.9 Å². The number of rotatable bonds is 4. The molecule has 1 aromatic rings. The van der Waals surface area contributed by atoms with Crippen molar-refractivity contribution < 1.29 is 14.1 Å². The van der Waals surface area contributed by atoms with Gasteiger partial charge in [-0.05, 0) is 71.5 Å². The van der Waals surface area contributed by atoms with Crippen molar-refractivity contribution in [1.82, 2.24) is 4.90 Å². The zero-order valence-corrected chi connectivity index (χ0v) is 17.3. The molecule has 0 spiro atoms. The average Bonchev–Trinajstić information content (AvgIpc) is 2.94. The summed E-state index contributed by atoms with van der Waals surface area (Å²) < 4.78 is 12.2. The molecule has 0 radical (unpaired) electrons. The van der Waals surface area contributed by atoms with Crippen molar-refractivity contribution in [2.24, 2.45) is 5.92 Å². The van der Waals surface area contributed by atoms with Gasteiger partial charge in [-0.3, -0.25) is 4.79 Å². The van der Waals surface area contributed by atoms with E-state index in [-0.39, 0.29) is 24.2 Å². The van der Waals surface area contributed by atoms with Crippen LogP contribution in [0.2, 0.25) is 0 Å². The van der Waals surface area contributed by atoms with Gasteiger partial charge in [0.2, 0.25) is 0 Å². The van der Waals surface area contributed by atoms with E-state index in [1.54, 1.807) is 0 Å². The maximum absolute atomic E-state index is 12.8. The number of fused-ring (bicyclic) bond motifs is 2. The lowest BCUT2D eigenvalue weighted by Gasteiger charge is -2.35. The van der Waals surface area contributed by atoms with Crippen LogP contribution in [0, 0.1) is 5.92 Å². The van der Waals surface area contributed by atoms with Crippen LogP contribution in [0.15, 0.2) is 24.3 Å². The molecule has 3 saturated heterocycles. The highest BCUT2D eigenvalue weighted by molar-refractivity contribution is 6.62. The van der Waals surface area contributed by atoms with Crippen LogP contribution in [0.25, 0.3) is 0 Å². The molecule has 4 rings (SSSR count). The highest BCUT2D eigenvalue weighted by atomic mass is 16.7. The quantitative estimate of drug-likeness (QED) is 0.765. The van der Waals surface area contributed by atoms with Crippen molar-refractivity contribution in [2.75, 3.05) is 7.05 Å². The van der Waals surface area contributed by atoms with Crippen LogP contribution < -0.4 is 5.46 Å². The van der Waals surface area contributed by atoms with E-state index in [2.05, 4.69) is 51.8 Å². The molecule has 0 N–H and O–H groups in total. The van der Waals surface area contributed by atoms with Gasteiger partial charge in [0.1, 0.15) is 5.78 Å². The van der Waals surface area contributed by atoms with Gasteiger partial charge in [0.15, 0.2) is 0 Å². The number of piperidine rings is 1. The monoisotopic (exact) mass is 369 g/mol. The van der Waals surface area contributed by atoms with Crippen LogP contribution in [-0.4, -0.2) is 48.1 Å². The van der Waals surface area contributed by atoms with Crippen LogP contribution in [-0.2, 0) is 20.5 Å². The molecule has 2 bridgehead atoms. The summed E-state index contributed by atoms with van der Waals surface area (Å²) in [5.41, 5.74) is 1.44. The minimum absolute atomic E-state index is 0.237. The summed E-state index contributed by atoms with van der Waals surface area (Å²) in [6.45, 7) is 8.26. The van der Waals surface area contributed by atoms with E-state index in [0.29, 0.717) is 24.3 Å². The first kappa shape index (κ1) is 19.2. The third-order valence-corrected chi connectivity index (χ3v) is 7.44. The van der Waals surface area contributed by atoms with Crippen LogP contribution in [0.5, 0.6) is 0 Å². The summed E-state index contributed by atoms with van der Waals surface area (Å²) in [6, 6.07) is 9.43. The standard InChI is InChI=1S/C22H32BNO3/c1-21(2)22(3,4)27-23(26-21)17-8-6-15(7-9-17)12-20(25)16-13-18-10-11-19(14-16)24(18)5/h6-9,16,18-19H,10-14H2,1-5H3. The van der Waals surface area contributed by atoms with E-state index in [4.69, 9.17) is 9.31 Å². The van der Waals surface area contributed by atoms with Crippen molar-refractivity contribution in [3.05, 3.63) is 29.8 Å². The number of nitrogens with zero attached hydrogens (tertiary/aromatic N) is 1. The minimum atomic E-state index is -0.343. The van der Waals surface area contributed by atoms with Gasteiger partial charge in [0.05, 0.1) is 11.2 Å². The summed E-state index contributed by atoms with van der Waals surface area (Å²) >= 11 is 0. The van der Waals surface area contributed by atoms with E-state index in [1.807, 2.05) is 12.1 Å². The zero-order chi connectivity index (χ0) is 19.4. The van der Waals surface area contributed by atoms with Gasteiger partial charge in [0.25, 0.3) is 0 Å². The SMILES string of the molecule is CN1C2CCC1CC(C(=O)Cc1ccc(B3OC(C)(C)C(C)(C)O3)cc1)C2. The van der Waals surface area contributed by atoms with Gasteiger partial charge >= 0.3 is 7.12 Å². The van der Waals surface area contributed by atoms with Crippen LogP contribution in [0.3, 0.4) is 0 Å². The smallest absolute Gasteiger partial charge is 0.399 e. The Morgan fingerprint density at radius 3 is 2.07 bits per heavy atom. The first-order valence-corrected chi connectivity index (χ1v) is 10.4. The van der Waals surface area contributed by atoms with E-state index >= 15 is 0 Å². The molecule has 0 amide bonds. The Morgan fingerprint density at radius 1 is 1.04 bits per heavy atom. The predicted molar refractivity (Wildman–Crippen MR) is 108 cm³/mol. The predicted octanol–water partition coefficient (Wildman–Crippen LogP) is 2.97. The molecule has 2 atom stereocenters. The Kier molecular flexibility index (Phi) is 4.77. The molecular weight excluding hydrogens is 337 g/mol. The molecule has 4 nitrogen and oxygen atoms in total. The third-order valence-electron chi connectivity index (χ3n) is 7.44. The lowest BCUT2D eigenvalue weighted by atomic mass is 9.78. The van der Waals surface area contributed by atoms with Gasteiger partial charge in [-0.2, -0.15) is 0 Å². The number of hydrogen-bond acceptors (Lipinski definition) is 4. The topological polar surface area (TPSA) is 38.8 Å². The van der Waals surface area contributed by atoms with Gasteiger partial charge in [-0.1, -0.05) is 24.3 Å². The van der Waals surface area contributed by atoms with Crippen LogP contribution in [0.4, 0.5) is 0 Å². The van der Waals surface area contributed by atoms with E-state index in [1.165, 1.54) is 12.8 Å². The highest BCUT2D eigenvalue weighted by Crippen LogP contribution is 2.38. The summed E-state index contributed by atoms with van der Waals surface area (Å²) in [6.07, 6.45) is 5.13. The van der Waals surface area contributed by atoms with Crippen molar-refractivity contribution in [1.29, 1.82) is 0 Å². The Balaban J connectivity index is 1.38. The summed E-state index contributed by atoms with van der Waals surface area (Å²) in [4.78, 5) is 15.3. The van der Waals surface area contributed by atoms with Crippen molar-refractivity contribution in [3.8, 4) is 0 Å². The Bertz CT molecular complexity index is 685. The average molecular weight is 369 g/mol. The van der Waals surface area contributed by atoms with Gasteiger partial charge in [-0.15, -0.1) is 0 Å². The molecule has 2 unspecified atom stereocenters. The molecule has 0 saturated carbocycles. The van der Waals surface area contributed by atoms with E-state index in [9.17, 15) is 4.79 Å². The van der Waals surface area contributed by atoms with Gasteiger partial charge in [-0.25, -0.2) is 0 Å². The lowest BCUT2D eigenvalue weighted by Crippen LogP contribution is -2.42. The number of ketones is 1. The maximum Gasteiger partial charge on any atom is 0.494 e. The molecule has 1 aromatic carbocycles. The first-order chi connectivity index (χ1) is 12.7. The molecule has 3 fully saturated rings. The maximum atomic E-state index is 12.8. The molecular formula is C22H32BNO3. The molecule has 5 heteroatoms. The third kappa shape index (κ3) is 3.50. The second-order valence-corrected chi connectivity index (χ2v) is 9.69. The number of Topliss-reactive ketones (excluding diaryl/α,β-unsaturated/α-hetero) is 1. The molecule has 3 aliphatic rings. The molecule has 0 aromatic heterocycles. The fourth-order valence-corrected chi connectivity index (χ4v) is 4.79. The summed E-state index contributed by atoms with van der Waals surface area (Å²) in [5.74, 6) is 0.643. The van der Waals surface area contributed by atoms with Gasteiger partial charge < -0.3 is 14.2 Å². The van der Waals surface area contributed by atoms with Crippen molar-refractivity contribution >= 4 is 18.4 Å². The first-order valence-electron chi connectivity index (χ1n) is 10.4. The fourth-order valence-electron chi connectivity index (χ4n) is 4.79. The Labute approximate surface area is 163 Å². The van der Waals surface area contributed by atoms with E-state index < -0.39 is 0 Å². The Morgan fingerprint density at radius 2 is 1.56 bits per heavy atom. The number of benzene rings is 1. The Hall–Kier alpha value is -1.17. The fraction of sp³-hybridized carbons (Fsp3) is 0.682. The molecule has 27 heavy (non-hydrogen) atoms. The lowest BCUT2D eigenvalue weighted by molar-refractivity contribution is -0.124. The normalized spacial score (nSPS) is 32.0. The molecule has 3 heterocycles. The van der Waals surface area contributed by atoms with E-state index in [0.717, 1.165) is 23.9 Å². The van der Waals surface area contributed by atoms with Crippen molar-refractivity contribution in [2.45, 2.75) is 83.1 Å². The largest absolute Gasteiger partial charge is 0.494 e. The second kappa shape index (κ2) is 6.72. The zero-order valence-electron chi connectivity index (χ0n) is 17.3. The second-order valence-electron chi connectivity index (χ2n) is 9.69. The van der Waals surface area contributed by atoms with Crippen LogP contribution >= 0.6 is 0 Å².